The molecule has 0 aromatic carbocycles. The first-order chi connectivity index (χ1) is 7.41. The lowest BCUT2D eigenvalue weighted by atomic mass is 10.2. The molecule has 0 aliphatic carbocycles. The smallest absolute Gasteiger partial charge is 0.325 e. The van der Waals surface area contributed by atoms with Crippen molar-refractivity contribution in [2.24, 2.45) is 0 Å². The standard InChI is InChI=1S/C11H20N2O3/c1-7-4-5-8(2)13(7)6-10(14)12-9(3)11(15)16/h7-9H,4-6H2,1-3H3,(H,12,14)(H,15,16)/t7?,8?,9-/m1/s1. The Morgan fingerprint density at radius 2 is 1.88 bits per heavy atom. The molecule has 1 saturated heterocycles. The van der Waals surface area contributed by atoms with E-state index in [1.807, 2.05) is 0 Å². The van der Waals surface area contributed by atoms with E-state index >= 15 is 0 Å². The minimum absolute atomic E-state index is 0.212. The second-order valence-corrected chi connectivity index (χ2v) is 4.58. The molecule has 0 spiro atoms. The molecule has 0 aromatic rings. The molecule has 2 unspecified atom stereocenters. The lowest BCUT2D eigenvalue weighted by Gasteiger charge is -2.25. The van der Waals surface area contributed by atoms with Gasteiger partial charge in [-0.15, -0.1) is 0 Å². The van der Waals surface area contributed by atoms with Crippen molar-refractivity contribution >= 4 is 11.9 Å². The summed E-state index contributed by atoms with van der Waals surface area (Å²) < 4.78 is 0. The maximum atomic E-state index is 11.6. The SMILES string of the molecule is CC1CCC(C)N1CC(=O)N[C@H](C)C(=O)O. The molecule has 1 aliphatic rings. The van der Waals surface area contributed by atoms with Crippen molar-refractivity contribution in [3.63, 3.8) is 0 Å². The van der Waals surface area contributed by atoms with E-state index in [1.165, 1.54) is 6.92 Å². The third-order valence-corrected chi connectivity index (χ3v) is 3.21. The number of likely N-dealkylation sites (tertiary alicyclic amines) is 1. The van der Waals surface area contributed by atoms with Gasteiger partial charge in [-0.1, -0.05) is 0 Å². The Morgan fingerprint density at radius 3 is 2.31 bits per heavy atom. The quantitative estimate of drug-likeness (QED) is 0.733. The van der Waals surface area contributed by atoms with Crippen LogP contribution in [0.2, 0.25) is 0 Å². The van der Waals surface area contributed by atoms with Gasteiger partial charge in [-0.3, -0.25) is 14.5 Å². The Kier molecular flexibility index (Phi) is 4.29. The topological polar surface area (TPSA) is 69.6 Å². The fraction of sp³-hybridized carbons (Fsp3) is 0.818. The third-order valence-electron chi connectivity index (χ3n) is 3.21. The van der Waals surface area contributed by atoms with Crippen LogP contribution in [0.3, 0.4) is 0 Å². The largest absolute Gasteiger partial charge is 0.480 e. The summed E-state index contributed by atoms with van der Waals surface area (Å²) in [4.78, 5) is 24.3. The number of nitrogens with one attached hydrogen (secondary N) is 1. The predicted molar refractivity (Wildman–Crippen MR) is 60.1 cm³/mol. The molecule has 3 atom stereocenters. The van der Waals surface area contributed by atoms with E-state index in [2.05, 4.69) is 24.1 Å². The van der Waals surface area contributed by atoms with E-state index in [1.54, 1.807) is 0 Å². The van der Waals surface area contributed by atoms with E-state index in [0.29, 0.717) is 18.6 Å². The summed E-state index contributed by atoms with van der Waals surface area (Å²) in [5.41, 5.74) is 0. The molecular formula is C11H20N2O3. The highest BCUT2D eigenvalue weighted by Crippen LogP contribution is 2.22. The Balaban J connectivity index is 2.42. The molecule has 0 saturated carbocycles. The Morgan fingerprint density at radius 1 is 1.38 bits per heavy atom. The third kappa shape index (κ3) is 3.20. The van der Waals surface area contributed by atoms with Crippen LogP contribution < -0.4 is 5.32 Å². The van der Waals surface area contributed by atoms with E-state index < -0.39 is 12.0 Å². The van der Waals surface area contributed by atoms with Crippen LogP contribution in [0.4, 0.5) is 0 Å². The van der Waals surface area contributed by atoms with Crippen molar-refractivity contribution in [2.75, 3.05) is 6.54 Å². The van der Waals surface area contributed by atoms with E-state index in [-0.39, 0.29) is 5.91 Å². The molecule has 5 nitrogen and oxygen atoms in total. The van der Waals surface area contributed by atoms with Gasteiger partial charge in [0.1, 0.15) is 6.04 Å². The fourth-order valence-electron chi connectivity index (χ4n) is 2.07. The second kappa shape index (κ2) is 5.30. The van der Waals surface area contributed by atoms with Crippen molar-refractivity contribution in [2.45, 2.75) is 51.7 Å². The summed E-state index contributed by atoms with van der Waals surface area (Å²) in [5, 5.41) is 11.1. The van der Waals surface area contributed by atoms with Crippen molar-refractivity contribution in [3.8, 4) is 0 Å². The summed E-state index contributed by atoms with van der Waals surface area (Å²) in [6.07, 6.45) is 2.20. The lowest BCUT2D eigenvalue weighted by Crippen LogP contribution is -2.46. The highest BCUT2D eigenvalue weighted by molar-refractivity contribution is 5.84. The highest BCUT2D eigenvalue weighted by Gasteiger charge is 2.29. The first-order valence-electron chi connectivity index (χ1n) is 5.69. The second-order valence-electron chi connectivity index (χ2n) is 4.58. The van der Waals surface area contributed by atoms with Crippen LogP contribution in [-0.2, 0) is 9.59 Å². The van der Waals surface area contributed by atoms with Gasteiger partial charge in [-0.25, -0.2) is 0 Å². The van der Waals surface area contributed by atoms with Crippen molar-refractivity contribution in [1.82, 2.24) is 10.2 Å². The van der Waals surface area contributed by atoms with E-state index in [4.69, 9.17) is 5.11 Å². The zero-order chi connectivity index (χ0) is 12.3. The number of nitrogens with zero attached hydrogens (tertiary/aromatic N) is 1. The van der Waals surface area contributed by atoms with Crippen molar-refractivity contribution in [1.29, 1.82) is 0 Å². The average molecular weight is 228 g/mol. The monoisotopic (exact) mass is 228 g/mol. The highest BCUT2D eigenvalue weighted by atomic mass is 16.4. The minimum atomic E-state index is -1.00. The van der Waals surface area contributed by atoms with Gasteiger partial charge in [0.05, 0.1) is 6.54 Å². The maximum absolute atomic E-state index is 11.6. The van der Waals surface area contributed by atoms with E-state index in [9.17, 15) is 9.59 Å². The first kappa shape index (κ1) is 13.0. The van der Waals surface area contributed by atoms with Gasteiger partial charge in [0.15, 0.2) is 0 Å². The van der Waals surface area contributed by atoms with Gasteiger partial charge in [-0.2, -0.15) is 0 Å². The maximum Gasteiger partial charge on any atom is 0.325 e. The Labute approximate surface area is 95.8 Å². The normalized spacial score (nSPS) is 27.7. The van der Waals surface area contributed by atoms with Crippen LogP contribution in [0.5, 0.6) is 0 Å². The molecule has 16 heavy (non-hydrogen) atoms. The molecule has 2 N–H and O–H groups in total. The number of hydrogen-bond donors (Lipinski definition) is 2. The number of aliphatic carboxylic acids is 1. The molecular weight excluding hydrogens is 208 g/mol. The predicted octanol–water partition coefficient (Wildman–Crippen LogP) is 0.449. The van der Waals surface area contributed by atoms with Gasteiger partial charge < -0.3 is 10.4 Å². The van der Waals surface area contributed by atoms with Crippen LogP contribution in [-0.4, -0.2) is 46.6 Å². The minimum Gasteiger partial charge on any atom is -0.480 e. The zero-order valence-corrected chi connectivity index (χ0v) is 10.1. The molecule has 1 amide bonds. The van der Waals surface area contributed by atoms with Crippen molar-refractivity contribution in [3.05, 3.63) is 0 Å². The van der Waals surface area contributed by atoms with Gasteiger partial charge in [0, 0.05) is 12.1 Å². The zero-order valence-electron chi connectivity index (χ0n) is 10.1. The average Bonchev–Trinajstić information content (AvgIpc) is 2.49. The van der Waals surface area contributed by atoms with E-state index in [0.717, 1.165) is 12.8 Å². The molecule has 0 radical (unpaired) electrons. The van der Waals surface area contributed by atoms with Crippen LogP contribution in [0.15, 0.2) is 0 Å². The molecule has 5 heteroatoms. The van der Waals surface area contributed by atoms with Crippen LogP contribution in [0, 0.1) is 0 Å². The first-order valence-corrected chi connectivity index (χ1v) is 5.69. The molecule has 0 aromatic heterocycles. The summed E-state index contributed by atoms with van der Waals surface area (Å²) in [5.74, 6) is -1.22. The molecule has 1 fully saturated rings. The number of carboxylic acids is 1. The van der Waals surface area contributed by atoms with Gasteiger partial charge in [0.2, 0.25) is 5.91 Å². The molecule has 1 aliphatic heterocycles. The fourth-order valence-corrected chi connectivity index (χ4v) is 2.07. The summed E-state index contributed by atoms with van der Waals surface area (Å²) in [7, 11) is 0. The molecule has 92 valence electrons. The number of carbonyl (C=O) groups is 2. The van der Waals surface area contributed by atoms with Crippen molar-refractivity contribution < 1.29 is 14.7 Å². The molecule has 1 heterocycles. The molecule has 0 bridgehead atoms. The molecule has 1 rings (SSSR count). The van der Waals surface area contributed by atoms with Crippen LogP contribution in [0.1, 0.15) is 33.6 Å². The van der Waals surface area contributed by atoms with Gasteiger partial charge in [-0.05, 0) is 33.6 Å². The summed E-state index contributed by atoms with van der Waals surface area (Å²) in [6.45, 7) is 5.95. The number of hydrogen-bond acceptors (Lipinski definition) is 3. The number of carboxylic acid groups (broad SMARTS) is 1. The van der Waals surface area contributed by atoms with Crippen LogP contribution >= 0.6 is 0 Å². The summed E-state index contributed by atoms with van der Waals surface area (Å²) >= 11 is 0. The van der Waals surface area contributed by atoms with Gasteiger partial charge >= 0.3 is 5.97 Å². The Bertz CT molecular complexity index is 270. The number of rotatable bonds is 4. The Hall–Kier alpha value is -1.10. The number of amides is 1. The summed E-state index contributed by atoms with van der Waals surface area (Å²) in [6, 6.07) is -0.0116. The van der Waals surface area contributed by atoms with Crippen LogP contribution in [0.25, 0.3) is 0 Å². The number of carbonyl (C=O) groups excluding carboxylic acids is 1. The van der Waals surface area contributed by atoms with Gasteiger partial charge in [0.25, 0.3) is 0 Å². The lowest BCUT2D eigenvalue weighted by molar-refractivity contribution is -0.141.